The van der Waals surface area contributed by atoms with E-state index < -0.39 is 5.60 Å². The summed E-state index contributed by atoms with van der Waals surface area (Å²) in [7, 11) is 0. The van der Waals surface area contributed by atoms with Crippen LogP contribution in [0.4, 0.5) is 10.5 Å². The van der Waals surface area contributed by atoms with Gasteiger partial charge < -0.3 is 19.9 Å². The summed E-state index contributed by atoms with van der Waals surface area (Å²) < 4.78 is 5.38. The van der Waals surface area contributed by atoms with Crippen LogP contribution in [0, 0.1) is 0 Å². The zero-order valence-corrected chi connectivity index (χ0v) is 15.0. The summed E-state index contributed by atoms with van der Waals surface area (Å²) in [5.41, 5.74) is 1.10. The second kappa shape index (κ2) is 7.55. The molecule has 0 radical (unpaired) electrons. The maximum atomic E-state index is 12.6. The van der Waals surface area contributed by atoms with Crippen molar-refractivity contribution in [3.63, 3.8) is 0 Å². The summed E-state index contributed by atoms with van der Waals surface area (Å²) in [5, 5.41) is 3.21. The normalized spacial score (nSPS) is 15.2. The van der Waals surface area contributed by atoms with Gasteiger partial charge in [0.1, 0.15) is 5.60 Å². The summed E-state index contributed by atoms with van der Waals surface area (Å²) in [6, 6.07) is 7.51. The topological polar surface area (TPSA) is 61.9 Å². The molecular formula is C18H27N3O3. The lowest BCUT2D eigenvalue weighted by atomic mass is 10.1. The lowest BCUT2D eigenvalue weighted by Crippen LogP contribution is -2.51. The zero-order valence-electron chi connectivity index (χ0n) is 15.0. The molecule has 0 bridgehead atoms. The molecule has 0 spiro atoms. The third kappa shape index (κ3) is 4.88. The number of hydrogen-bond donors (Lipinski definition) is 1. The van der Waals surface area contributed by atoms with Crippen LogP contribution in [0.2, 0.25) is 0 Å². The minimum absolute atomic E-state index is 0.00130. The standard InChI is InChI=1S/C18H27N3O3/c1-5-19-15-8-6-7-14(13-15)16(22)20-9-11-21(12-10-20)17(23)24-18(2,3)4/h6-8,13,19H,5,9-12H2,1-4H3. The first kappa shape index (κ1) is 18.1. The van der Waals surface area contributed by atoms with Crippen molar-refractivity contribution in [3.8, 4) is 0 Å². The lowest BCUT2D eigenvalue weighted by Gasteiger charge is -2.35. The van der Waals surface area contributed by atoms with E-state index in [1.165, 1.54) is 0 Å². The molecule has 0 unspecified atom stereocenters. The molecule has 1 N–H and O–H groups in total. The van der Waals surface area contributed by atoms with Gasteiger partial charge in [0.25, 0.3) is 5.91 Å². The number of hydrogen-bond acceptors (Lipinski definition) is 4. The van der Waals surface area contributed by atoms with Gasteiger partial charge in [0.15, 0.2) is 0 Å². The molecule has 6 nitrogen and oxygen atoms in total. The number of nitrogens with one attached hydrogen (secondary N) is 1. The summed E-state index contributed by atoms with van der Waals surface area (Å²) in [5.74, 6) is -0.00130. The fourth-order valence-corrected chi connectivity index (χ4v) is 2.57. The Bertz CT molecular complexity index is 587. The monoisotopic (exact) mass is 333 g/mol. The van der Waals surface area contributed by atoms with Crippen molar-refractivity contribution >= 4 is 17.7 Å². The van der Waals surface area contributed by atoms with Gasteiger partial charge in [-0.15, -0.1) is 0 Å². The van der Waals surface area contributed by atoms with E-state index in [0.29, 0.717) is 31.7 Å². The molecule has 0 saturated carbocycles. The van der Waals surface area contributed by atoms with Crippen molar-refractivity contribution in [1.82, 2.24) is 9.80 Å². The van der Waals surface area contributed by atoms with E-state index in [2.05, 4.69) is 5.32 Å². The molecular weight excluding hydrogens is 306 g/mol. The van der Waals surface area contributed by atoms with Crippen molar-refractivity contribution in [2.45, 2.75) is 33.3 Å². The summed E-state index contributed by atoms with van der Waals surface area (Å²) in [6.07, 6.45) is -0.316. The van der Waals surface area contributed by atoms with E-state index >= 15 is 0 Å². The van der Waals surface area contributed by atoms with Crippen LogP contribution in [0.25, 0.3) is 0 Å². The molecule has 0 aromatic heterocycles. The van der Waals surface area contributed by atoms with Crippen molar-refractivity contribution in [3.05, 3.63) is 29.8 Å². The van der Waals surface area contributed by atoms with Gasteiger partial charge in [0.05, 0.1) is 0 Å². The molecule has 6 heteroatoms. The van der Waals surface area contributed by atoms with Gasteiger partial charge in [-0.1, -0.05) is 6.07 Å². The van der Waals surface area contributed by atoms with Crippen molar-refractivity contribution < 1.29 is 14.3 Å². The molecule has 1 saturated heterocycles. The number of piperazine rings is 1. The van der Waals surface area contributed by atoms with Crippen LogP contribution in [0.3, 0.4) is 0 Å². The Balaban J connectivity index is 1.93. The Morgan fingerprint density at radius 2 is 1.75 bits per heavy atom. The average molecular weight is 333 g/mol. The summed E-state index contributed by atoms with van der Waals surface area (Å²) in [4.78, 5) is 28.1. The minimum atomic E-state index is -0.503. The first-order valence-electron chi connectivity index (χ1n) is 8.41. The number of carbonyl (C=O) groups excluding carboxylic acids is 2. The summed E-state index contributed by atoms with van der Waals surface area (Å²) in [6.45, 7) is 10.4. The van der Waals surface area contributed by atoms with Crippen LogP contribution in [0.1, 0.15) is 38.1 Å². The highest BCUT2D eigenvalue weighted by atomic mass is 16.6. The molecule has 0 atom stereocenters. The quantitative estimate of drug-likeness (QED) is 0.924. The molecule has 1 aliphatic heterocycles. The fourth-order valence-electron chi connectivity index (χ4n) is 2.57. The second-order valence-electron chi connectivity index (χ2n) is 6.87. The maximum absolute atomic E-state index is 12.6. The first-order chi connectivity index (χ1) is 11.3. The third-order valence-electron chi connectivity index (χ3n) is 3.71. The van der Waals surface area contributed by atoms with E-state index in [1.807, 2.05) is 52.0 Å². The molecule has 1 heterocycles. The Morgan fingerprint density at radius 1 is 1.12 bits per heavy atom. The van der Waals surface area contributed by atoms with Crippen molar-refractivity contribution in [2.24, 2.45) is 0 Å². The smallest absolute Gasteiger partial charge is 0.410 e. The van der Waals surface area contributed by atoms with E-state index in [9.17, 15) is 9.59 Å². The maximum Gasteiger partial charge on any atom is 0.410 e. The van der Waals surface area contributed by atoms with Gasteiger partial charge in [-0.2, -0.15) is 0 Å². The highest BCUT2D eigenvalue weighted by Gasteiger charge is 2.28. The highest BCUT2D eigenvalue weighted by molar-refractivity contribution is 5.95. The minimum Gasteiger partial charge on any atom is -0.444 e. The number of nitrogens with zero attached hydrogens (tertiary/aromatic N) is 2. The van der Waals surface area contributed by atoms with Crippen molar-refractivity contribution in [2.75, 3.05) is 38.0 Å². The van der Waals surface area contributed by atoms with Crippen LogP contribution in [0.15, 0.2) is 24.3 Å². The predicted octanol–water partition coefficient (Wildman–Crippen LogP) is 2.81. The van der Waals surface area contributed by atoms with Gasteiger partial charge >= 0.3 is 6.09 Å². The highest BCUT2D eigenvalue weighted by Crippen LogP contribution is 2.16. The Hall–Kier alpha value is -2.24. The molecule has 1 aliphatic rings. The molecule has 0 aliphatic carbocycles. The number of benzene rings is 1. The Morgan fingerprint density at radius 3 is 2.33 bits per heavy atom. The van der Waals surface area contributed by atoms with Gasteiger partial charge in [0, 0.05) is 44.0 Å². The zero-order chi connectivity index (χ0) is 17.7. The van der Waals surface area contributed by atoms with Crippen LogP contribution in [0.5, 0.6) is 0 Å². The number of anilines is 1. The number of rotatable bonds is 3. The molecule has 1 aromatic carbocycles. The number of ether oxygens (including phenoxy) is 1. The molecule has 2 amide bonds. The second-order valence-corrected chi connectivity index (χ2v) is 6.87. The molecule has 24 heavy (non-hydrogen) atoms. The van der Waals surface area contributed by atoms with Crippen LogP contribution in [-0.4, -0.2) is 60.1 Å². The van der Waals surface area contributed by atoms with Gasteiger partial charge in [-0.05, 0) is 45.9 Å². The largest absolute Gasteiger partial charge is 0.444 e. The molecule has 1 fully saturated rings. The molecule has 132 valence electrons. The Labute approximate surface area is 143 Å². The third-order valence-corrected chi connectivity index (χ3v) is 3.71. The first-order valence-corrected chi connectivity index (χ1v) is 8.41. The SMILES string of the molecule is CCNc1cccc(C(=O)N2CCN(C(=O)OC(C)(C)C)CC2)c1. The molecule has 1 aromatic rings. The average Bonchev–Trinajstić information content (AvgIpc) is 2.53. The Kier molecular flexibility index (Phi) is 5.70. The fraction of sp³-hybridized carbons (Fsp3) is 0.556. The van der Waals surface area contributed by atoms with Gasteiger partial charge in [-0.3, -0.25) is 4.79 Å². The summed E-state index contributed by atoms with van der Waals surface area (Å²) >= 11 is 0. The van der Waals surface area contributed by atoms with Gasteiger partial charge in [-0.25, -0.2) is 4.79 Å². The van der Waals surface area contributed by atoms with E-state index in [-0.39, 0.29) is 12.0 Å². The van der Waals surface area contributed by atoms with Crippen LogP contribution in [-0.2, 0) is 4.74 Å². The van der Waals surface area contributed by atoms with E-state index in [0.717, 1.165) is 12.2 Å². The molecule has 2 rings (SSSR count). The lowest BCUT2D eigenvalue weighted by molar-refractivity contribution is 0.0141. The van der Waals surface area contributed by atoms with Gasteiger partial charge in [0.2, 0.25) is 0 Å². The van der Waals surface area contributed by atoms with Crippen LogP contribution < -0.4 is 5.32 Å². The predicted molar refractivity (Wildman–Crippen MR) is 94.3 cm³/mol. The van der Waals surface area contributed by atoms with Crippen molar-refractivity contribution in [1.29, 1.82) is 0 Å². The van der Waals surface area contributed by atoms with Crippen LogP contribution >= 0.6 is 0 Å². The van der Waals surface area contributed by atoms with E-state index in [1.54, 1.807) is 9.80 Å². The number of carbonyl (C=O) groups is 2. The van der Waals surface area contributed by atoms with E-state index in [4.69, 9.17) is 4.74 Å². The number of amides is 2.